The molecule has 0 unspecified atom stereocenters. The van der Waals surface area contributed by atoms with Crippen LogP contribution in [0.4, 0.5) is 0 Å². The number of likely N-dealkylation sites (N-methyl/N-ethyl adjacent to an activating group) is 1. The van der Waals surface area contributed by atoms with Crippen LogP contribution >= 0.6 is 0 Å². The number of nitrogens with one attached hydrogen (secondary N) is 2. The predicted molar refractivity (Wildman–Crippen MR) is 69.8 cm³/mol. The fraction of sp³-hybridized carbons (Fsp3) is 0.308. The van der Waals surface area contributed by atoms with E-state index in [9.17, 15) is 9.59 Å². The molecule has 3 heterocycles. The van der Waals surface area contributed by atoms with Crippen molar-refractivity contribution in [1.82, 2.24) is 20.4 Å². The molecular weight excluding hydrogens is 260 g/mol. The van der Waals surface area contributed by atoms with Gasteiger partial charge < -0.3 is 14.6 Å². The molecule has 7 heteroatoms. The molecule has 0 aromatic carbocycles. The van der Waals surface area contributed by atoms with Gasteiger partial charge in [-0.2, -0.15) is 5.10 Å². The molecule has 7 nitrogen and oxygen atoms in total. The Bertz CT molecular complexity index is 632. The van der Waals surface area contributed by atoms with E-state index >= 15 is 0 Å². The molecular formula is C13H14N4O3. The van der Waals surface area contributed by atoms with Gasteiger partial charge in [0, 0.05) is 26.1 Å². The number of aromatic amines is 1. The minimum Gasteiger partial charge on any atom is -0.463 e. The third kappa shape index (κ3) is 2.29. The molecule has 0 saturated carbocycles. The van der Waals surface area contributed by atoms with Crippen LogP contribution in [0.3, 0.4) is 0 Å². The van der Waals surface area contributed by atoms with Gasteiger partial charge in [-0.25, -0.2) is 0 Å². The lowest BCUT2D eigenvalue weighted by atomic mass is 10.2. The minimum absolute atomic E-state index is 0.0357. The standard InChI is InChI=1S/C13H14N4O3/c1-17-7-8(5-12(17)18)14-13(19)10-6-9(15-16-10)11-3-2-4-20-11/h2-4,6,8H,5,7H2,1H3,(H,14,19)(H,15,16)/t8-/m0/s1. The third-order valence-corrected chi connectivity index (χ3v) is 3.27. The topological polar surface area (TPSA) is 91.2 Å². The highest BCUT2D eigenvalue weighted by Crippen LogP contribution is 2.18. The number of amides is 2. The van der Waals surface area contributed by atoms with Gasteiger partial charge in [0.1, 0.15) is 5.69 Å². The lowest BCUT2D eigenvalue weighted by molar-refractivity contribution is -0.126. The van der Waals surface area contributed by atoms with E-state index in [4.69, 9.17) is 4.42 Å². The Kier molecular flexibility index (Phi) is 3.02. The lowest BCUT2D eigenvalue weighted by Gasteiger charge is -2.10. The molecule has 1 saturated heterocycles. The number of H-pyrrole nitrogens is 1. The Labute approximate surface area is 114 Å². The number of hydrogen-bond donors (Lipinski definition) is 2. The highest BCUT2D eigenvalue weighted by atomic mass is 16.3. The van der Waals surface area contributed by atoms with Gasteiger partial charge in [0.05, 0.1) is 12.3 Å². The normalized spacial score (nSPS) is 18.6. The summed E-state index contributed by atoms with van der Waals surface area (Å²) in [5.41, 5.74) is 0.915. The van der Waals surface area contributed by atoms with Crippen LogP contribution in [-0.4, -0.2) is 46.5 Å². The summed E-state index contributed by atoms with van der Waals surface area (Å²) in [5, 5.41) is 9.51. The average molecular weight is 274 g/mol. The number of aromatic nitrogens is 2. The monoisotopic (exact) mass is 274 g/mol. The Balaban J connectivity index is 1.68. The van der Waals surface area contributed by atoms with Crippen LogP contribution in [-0.2, 0) is 4.79 Å². The molecule has 1 fully saturated rings. The average Bonchev–Trinajstić information content (AvgIpc) is 3.12. The lowest BCUT2D eigenvalue weighted by Crippen LogP contribution is -2.36. The molecule has 2 aromatic rings. The molecule has 0 radical (unpaired) electrons. The molecule has 20 heavy (non-hydrogen) atoms. The van der Waals surface area contributed by atoms with Crippen LogP contribution < -0.4 is 5.32 Å². The largest absolute Gasteiger partial charge is 0.463 e. The predicted octanol–water partition coefficient (Wildman–Crippen LogP) is 0.630. The van der Waals surface area contributed by atoms with Gasteiger partial charge in [0.2, 0.25) is 5.91 Å². The molecule has 1 aliphatic heterocycles. The summed E-state index contributed by atoms with van der Waals surface area (Å²) in [4.78, 5) is 25.0. The summed E-state index contributed by atoms with van der Waals surface area (Å²) in [6, 6.07) is 4.99. The van der Waals surface area contributed by atoms with Crippen molar-refractivity contribution >= 4 is 11.8 Å². The van der Waals surface area contributed by atoms with Crippen molar-refractivity contribution in [2.24, 2.45) is 0 Å². The summed E-state index contributed by atoms with van der Waals surface area (Å²) >= 11 is 0. The fourth-order valence-corrected chi connectivity index (χ4v) is 2.22. The Hall–Kier alpha value is -2.57. The van der Waals surface area contributed by atoms with Crippen molar-refractivity contribution in [3.05, 3.63) is 30.2 Å². The van der Waals surface area contributed by atoms with Crippen molar-refractivity contribution in [2.45, 2.75) is 12.5 Å². The van der Waals surface area contributed by atoms with Gasteiger partial charge in [0.15, 0.2) is 11.5 Å². The molecule has 2 aromatic heterocycles. The molecule has 0 spiro atoms. The van der Waals surface area contributed by atoms with E-state index in [-0.39, 0.29) is 23.6 Å². The maximum absolute atomic E-state index is 12.0. The van der Waals surface area contributed by atoms with Crippen LogP contribution in [0.2, 0.25) is 0 Å². The van der Waals surface area contributed by atoms with E-state index in [1.54, 1.807) is 36.4 Å². The SMILES string of the molecule is CN1C[C@@H](NC(=O)c2cc(-c3ccco3)[nH]n2)CC1=O. The maximum atomic E-state index is 12.0. The summed E-state index contributed by atoms with van der Waals surface area (Å²) in [6.07, 6.45) is 1.88. The molecule has 104 valence electrons. The van der Waals surface area contributed by atoms with Crippen molar-refractivity contribution in [1.29, 1.82) is 0 Å². The minimum atomic E-state index is -0.299. The van der Waals surface area contributed by atoms with E-state index in [0.29, 0.717) is 24.4 Å². The zero-order valence-electron chi connectivity index (χ0n) is 10.9. The zero-order valence-corrected chi connectivity index (χ0v) is 10.9. The first-order chi connectivity index (χ1) is 9.63. The number of carbonyl (C=O) groups is 2. The van der Waals surface area contributed by atoms with Crippen molar-refractivity contribution in [3.8, 4) is 11.5 Å². The number of nitrogens with zero attached hydrogens (tertiary/aromatic N) is 2. The second-order valence-electron chi connectivity index (χ2n) is 4.79. The first-order valence-electron chi connectivity index (χ1n) is 6.27. The molecule has 2 amide bonds. The molecule has 0 aliphatic carbocycles. The molecule has 1 atom stereocenters. The second kappa shape index (κ2) is 4.84. The van der Waals surface area contributed by atoms with Crippen molar-refractivity contribution in [2.75, 3.05) is 13.6 Å². The number of likely N-dealkylation sites (tertiary alicyclic amines) is 1. The van der Waals surface area contributed by atoms with E-state index in [1.165, 1.54) is 0 Å². The zero-order chi connectivity index (χ0) is 14.1. The summed E-state index contributed by atoms with van der Waals surface area (Å²) in [5.74, 6) is 0.355. The molecule has 1 aliphatic rings. The van der Waals surface area contributed by atoms with Crippen LogP contribution in [0.5, 0.6) is 0 Å². The number of furan rings is 1. The van der Waals surface area contributed by atoms with Crippen LogP contribution in [0.1, 0.15) is 16.9 Å². The van der Waals surface area contributed by atoms with E-state index in [2.05, 4.69) is 15.5 Å². The van der Waals surface area contributed by atoms with Gasteiger partial charge in [-0.15, -0.1) is 0 Å². The fourth-order valence-electron chi connectivity index (χ4n) is 2.22. The maximum Gasteiger partial charge on any atom is 0.272 e. The van der Waals surface area contributed by atoms with Crippen LogP contribution in [0.25, 0.3) is 11.5 Å². The molecule has 0 bridgehead atoms. The number of rotatable bonds is 3. The third-order valence-electron chi connectivity index (χ3n) is 3.27. The van der Waals surface area contributed by atoms with Gasteiger partial charge in [0.25, 0.3) is 5.91 Å². The first-order valence-corrected chi connectivity index (χ1v) is 6.27. The first kappa shape index (κ1) is 12.5. The van der Waals surface area contributed by atoms with Gasteiger partial charge in [-0.05, 0) is 12.1 Å². The van der Waals surface area contributed by atoms with E-state index in [1.807, 2.05) is 0 Å². The van der Waals surface area contributed by atoms with E-state index in [0.717, 1.165) is 0 Å². The number of hydrogen-bond acceptors (Lipinski definition) is 4. The Morgan fingerprint density at radius 3 is 3.10 bits per heavy atom. The van der Waals surface area contributed by atoms with E-state index < -0.39 is 0 Å². The Morgan fingerprint density at radius 1 is 1.60 bits per heavy atom. The van der Waals surface area contributed by atoms with Gasteiger partial charge >= 0.3 is 0 Å². The van der Waals surface area contributed by atoms with Crippen molar-refractivity contribution in [3.63, 3.8) is 0 Å². The Morgan fingerprint density at radius 2 is 2.45 bits per heavy atom. The van der Waals surface area contributed by atoms with Crippen molar-refractivity contribution < 1.29 is 14.0 Å². The summed E-state index contributed by atoms with van der Waals surface area (Å²) in [6.45, 7) is 0.528. The molecule has 3 rings (SSSR count). The smallest absolute Gasteiger partial charge is 0.272 e. The highest BCUT2D eigenvalue weighted by molar-refractivity contribution is 5.94. The van der Waals surface area contributed by atoms with Crippen LogP contribution in [0, 0.1) is 0 Å². The summed E-state index contributed by atoms with van der Waals surface area (Å²) in [7, 11) is 1.72. The second-order valence-corrected chi connectivity index (χ2v) is 4.79. The number of carbonyl (C=O) groups excluding carboxylic acids is 2. The molecule has 2 N–H and O–H groups in total. The highest BCUT2D eigenvalue weighted by Gasteiger charge is 2.28. The quantitative estimate of drug-likeness (QED) is 0.858. The van der Waals surface area contributed by atoms with Gasteiger partial charge in [-0.1, -0.05) is 0 Å². The summed E-state index contributed by atoms with van der Waals surface area (Å²) < 4.78 is 5.22. The van der Waals surface area contributed by atoms with Gasteiger partial charge in [-0.3, -0.25) is 14.7 Å². The van der Waals surface area contributed by atoms with Crippen LogP contribution in [0.15, 0.2) is 28.9 Å².